The minimum atomic E-state index is -0.237. The van der Waals surface area contributed by atoms with Gasteiger partial charge in [-0.05, 0) is 37.5 Å². The maximum absolute atomic E-state index is 13.0. The van der Waals surface area contributed by atoms with E-state index < -0.39 is 0 Å². The highest BCUT2D eigenvalue weighted by Crippen LogP contribution is 2.34. The number of fused-ring (bicyclic) bond motifs is 1. The Kier molecular flexibility index (Phi) is 2.50. The van der Waals surface area contributed by atoms with E-state index in [9.17, 15) is 4.39 Å². The molecule has 3 nitrogen and oxygen atoms in total. The molecule has 4 heteroatoms. The highest BCUT2D eigenvalue weighted by molar-refractivity contribution is 5.77. The molecule has 3 rings (SSSR count). The molecule has 1 aromatic heterocycles. The predicted molar refractivity (Wildman–Crippen MR) is 66.5 cm³/mol. The third kappa shape index (κ3) is 2.40. The first-order chi connectivity index (χ1) is 8.20. The first-order valence-electron chi connectivity index (χ1n) is 6.12. The minimum Gasteiger partial charge on any atom is -0.353 e. The molecule has 1 aromatic carbocycles. The summed E-state index contributed by atoms with van der Waals surface area (Å²) in [5.41, 5.74) is 1.54. The average molecular weight is 233 g/mol. The predicted octanol–water partition coefficient (Wildman–Crippen LogP) is 3.30. The van der Waals surface area contributed by atoms with Crippen molar-refractivity contribution in [2.75, 3.05) is 5.32 Å². The van der Waals surface area contributed by atoms with Crippen LogP contribution in [0, 0.1) is 11.7 Å². The van der Waals surface area contributed by atoms with Gasteiger partial charge in [0.2, 0.25) is 5.95 Å². The average Bonchev–Trinajstić information content (AvgIpc) is 2.97. The molecule has 0 aliphatic heterocycles. The highest BCUT2D eigenvalue weighted by Gasteiger charge is 2.23. The standard InChI is InChI=1S/C13H16FN3/c1-8(6-9-2-3-9)15-13-16-11-5-4-10(14)7-12(11)17-13/h4-5,7-9H,2-3,6H2,1H3,(H2,15,16,17). The lowest BCUT2D eigenvalue weighted by atomic mass is 10.2. The molecule has 2 aromatic rings. The van der Waals surface area contributed by atoms with Crippen LogP contribution in [0.2, 0.25) is 0 Å². The van der Waals surface area contributed by atoms with Gasteiger partial charge in [0.1, 0.15) is 5.82 Å². The summed E-state index contributed by atoms with van der Waals surface area (Å²) < 4.78 is 13.0. The van der Waals surface area contributed by atoms with Crippen LogP contribution in [0.3, 0.4) is 0 Å². The Morgan fingerprint density at radius 1 is 1.53 bits per heavy atom. The quantitative estimate of drug-likeness (QED) is 0.850. The Labute approximate surface area is 99.4 Å². The third-order valence-electron chi connectivity index (χ3n) is 3.21. The van der Waals surface area contributed by atoms with Gasteiger partial charge in [0.15, 0.2) is 0 Å². The lowest BCUT2D eigenvalue weighted by Crippen LogP contribution is -2.16. The second-order valence-electron chi connectivity index (χ2n) is 4.97. The fourth-order valence-electron chi connectivity index (χ4n) is 2.20. The molecule has 0 amide bonds. The topological polar surface area (TPSA) is 40.7 Å². The van der Waals surface area contributed by atoms with E-state index >= 15 is 0 Å². The highest BCUT2D eigenvalue weighted by atomic mass is 19.1. The molecule has 1 aliphatic rings. The molecule has 17 heavy (non-hydrogen) atoms. The molecule has 0 spiro atoms. The Balaban J connectivity index is 1.75. The molecule has 1 heterocycles. The second-order valence-corrected chi connectivity index (χ2v) is 4.97. The molecule has 90 valence electrons. The van der Waals surface area contributed by atoms with E-state index in [1.807, 2.05) is 0 Å². The molecule has 1 aliphatic carbocycles. The van der Waals surface area contributed by atoms with E-state index in [0.29, 0.717) is 6.04 Å². The van der Waals surface area contributed by atoms with Gasteiger partial charge in [-0.3, -0.25) is 0 Å². The number of H-pyrrole nitrogens is 1. The summed E-state index contributed by atoms with van der Waals surface area (Å²) in [5.74, 6) is 1.39. The van der Waals surface area contributed by atoms with Crippen molar-refractivity contribution in [1.82, 2.24) is 9.97 Å². The van der Waals surface area contributed by atoms with Gasteiger partial charge in [-0.2, -0.15) is 0 Å². The Morgan fingerprint density at radius 3 is 3.12 bits per heavy atom. The summed E-state index contributed by atoms with van der Waals surface area (Å²) in [6.45, 7) is 2.16. The minimum absolute atomic E-state index is 0.237. The van der Waals surface area contributed by atoms with E-state index in [4.69, 9.17) is 0 Å². The largest absolute Gasteiger partial charge is 0.353 e. The maximum Gasteiger partial charge on any atom is 0.201 e. The normalized spacial score (nSPS) is 17.3. The Bertz CT molecular complexity index is 530. The van der Waals surface area contributed by atoms with E-state index in [1.165, 1.54) is 31.4 Å². The van der Waals surface area contributed by atoms with Gasteiger partial charge >= 0.3 is 0 Å². The van der Waals surface area contributed by atoms with Crippen LogP contribution in [0.1, 0.15) is 26.2 Å². The van der Waals surface area contributed by atoms with Crippen molar-refractivity contribution in [3.8, 4) is 0 Å². The van der Waals surface area contributed by atoms with Crippen molar-refractivity contribution in [1.29, 1.82) is 0 Å². The van der Waals surface area contributed by atoms with Crippen molar-refractivity contribution >= 4 is 17.0 Å². The summed E-state index contributed by atoms with van der Waals surface area (Å²) in [7, 11) is 0. The van der Waals surface area contributed by atoms with Gasteiger partial charge in [0, 0.05) is 6.04 Å². The number of rotatable bonds is 4. The van der Waals surface area contributed by atoms with Gasteiger partial charge in [-0.25, -0.2) is 9.37 Å². The zero-order valence-electron chi connectivity index (χ0n) is 9.83. The molecule has 1 unspecified atom stereocenters. The number of nitrogens with one attached hydrogen (secondary N) is 2. The molecule has 1 atom stereocenters. The van der Waals surface area contributed by atoms with E-state index in [2.05, 4.69) is 22.2 Å². The lowest BCUT2D eigenvalue weighted by Gasteiger charge is -2.11. The summed E-state index contributed by atoms with van der Waals surface area (Å²) in [4.78, 5) is 7.49. The summed E-state index contributed by atoms with van der Waals surface area (Å²) in [6.07, 6.45) is 3.90. The molecule has 0 bridgehead atoms. The fraction of sp³-hybridized carbons (Fsp3) is 0.462. The Morgan fingerprint density at radius 2 is 2.35 bits per heavy atom. The number of nitrogens with zero attached hydrogens (tertiary/aromatic N) is 1. The first kappa shape index (κ1) is 10.6. The van der Waals surface area contributed by atoms with Gasteiger partial charge in [0.25, 0.3) is 0 Å². The summed E-state index contributed by atoms with van der Waals surface area (Å²) in [5, 5.41) is 3.33. The fourth-order valence-corrected chi connectivity index (χ4v) is 2.20. The van der Waals surface area contributed by atoms with E-state index in [1.54, 1.807) is 6.07 Å². The number of aromatic nitrogens is 2. The van der Waals surface area contributed by atoms with E-state index in [0.717, 1.165) is 22.9 Å². The second kappa shape index (κ2) is 4.02. The van der Waals surface area contributed by atoms with Crippen molar-refractivity contribution in [2.45, 2.75) is 32.2 Å². The molecule has 0 saturated heterocycles. The smallest absolute Gasteiger partial charge is 0.201 e. The molecule has 1 saturated carbocycles. The van der Waals surface area contributed by atoms with Gasteiger partial charge in [0.05, 0.1) is 11.0 Å². The number of aromatic amines is 1. The Hall–Kier alpha value is -1.58. The third-order valence-corrected chi connectivity index (χ3v) is 3.21. The number of hydrogen-bond acceptors (Lipinski definition) is 2. The molecule has 2 N–H and O–H groups in total. The van der Waals surface area contributed by atoms with Crippen LogP contribution in [0.5, 0.6) is 0 Å². The van der Waals surface area contributed by atoms with Crippen LogP contribution in [0.15, 0.2) is 18.2 Å². The van der Waals surface area contributed by atoms with Crippen LogP contribution in [0.4, 0.5) is 10.3 Å². The van der Waals surface area contributed by atoms with Gasteiger partial charge < -0.3 is 10.3 Å². The van der Waals surface area contributed by atoms with Crippen molar-refractivity contribution in [2.24, 2.45) is 5.92 Å². The molecule has 1 fully saturated rings. The summed E-state index contributed by atoms with van der Waals surface area (Å²) >= 11 is 0. The molecular weight excluding hydrogens is 217 g/mol. The number of imidazole rings is 1. The maximum atomic E-state index is 13.0. The van der Waals surface area contributed by atoms with Crippen LogP contribution < -0.4 is 5.32 Å². The number of hydrogen-bond donors (Lipinski definition) is 2. The van der Waals surface area contributed by atoms with Crippen LogP contribution in [-0.4, -0.2) is 16.0 Å². The van der Waals surface area contributed by atoms with Crippen molar-refractivity contribution in [3.63, 3.8) is 0 Å². The van der Waals surface area contributed by atoms with Gasteiger partial charge in [-0.15, -0.1) is 0 Å². The summed E-state index contributed by atoms with van der Waals surface area (Å²) in [6, 6.07) is 5.00. The zero-order chi connectivity index (χ0) is 11.8. The van der Waals surface area contributed by atoms with Crippen molar-refractivity contribution in [3.05, 3.63) is 24.0 Å². The SMILES string of the molecule is CC(CC1CC1)Nc1nc2ccc(F)cc2[nH]1. The van der Waals surface area contributed by atoms with Crippen molar-refractivity contribution < 1.29 is 4.39 Å². The van der Waals surface area contributed by atoms with Crippen LogP contribution in [0.25, 0.3) is 11.0 Å². The zero-order valence-corrected chi connectivity index (χ0v) is 9.83. The number of benzene rings is 1. The number of anilines is 1. The lowest BCUT2D eigenvalue weighted by molar-refractivity contribution is 0.629. The van der Waals surface area contributed by atoms with E-state index in [-0.39, 0.29) is 5.82 Å². The van der Waals surface area contributed by atoms with Crippen LogP contribution >= 0.6 is 0 Å². The first-order valence-corrected chi connectivity index (χ1v) is 6.12. The monoisotopic (exact) mass is 233 g/mol. The molecular formula is C13H16FN3. The van der Waals surface area contributed by atoms with Crippen LogP contribution in [-0.2, 0) is 0 Å². The van der Waals surface area contributed by atoms with Gasteiger partial charge in [-0.1, -0.05) is 12.8 Å². The molecule has 0 radical (unpaired) electrons. The number of halogens is 1.